The number of nitrogens with zero attached hydrogens (tertiary/aromatic N) is 1. The normalized spacial score (nSPS) is 12.6. The maximum absolute atomic E-state index is 11.2. The lowest BCUT2D eigenvalue weighted by Gasteiger charge is -2.26. The van der Waals surface area contributed by atoms with Gasteiger partial charge in [0, 0.05) is 19.5 Å². The highest BCUT2D eigenvalue weighted by molar-refractivity contribution is 7.80. The first-order valence-corrected chi connectivity index (χ1v) is 5.15. The number of carbonyl (C=O) groups is 1. The smallest absolute Gasteiger partial charge is 0.233 e. The van der Waals surface area contributed by atoms with E-state index in [2.05, 4.69) is 5.32 Å². The molecule has 0 aromatic rings. The lowest BCUT2D eigenvalue weighted by Crippen LogP contribution is -2.42. The first-order chi connectivity index (χ1) is 6.51. The van der Waals surface area contributed by atoms with Gasteiger partial charge in [0.1, 0.15) is 0 Å². The molecule has 0 bridgehead atoms. The molecule has 0 aromatic carbocycles. The minimum Gasteiger partial charge on any atom is -0.393 e. The van der Waals surface area contributed by atoms with Gasteiger partial charge in [-0.2, -0.15) is 0 Å². The van der Waals surface area contributed by atoms with Crippen molar-refractivity contribution < 1.29 is 4.79 Å². The van der Waals surface area contributed by atoms with Gasteiger partial charge in [-0.05, 0) is 13.5 Å². The van der Waals surface area contributed by atoms with E-state index in [0.717, 1.165) is 6.54 Å². The van der Waals surface area contributed by atoms with Crippen LogP contribution in [0.3, 0.4) is 0 Å². The highest BCUT2D eigenvalue weighted by Crippen LogP contribution is 2.03. The molecule has 1 amide bonds. The summed E-state index contributed by atoms with van der Waals surface area (Å²) >= 11 is 4.83. The molecule has 0 aromatic heterocycles. The van der Waals surface area contributed by atoms with Gasteiger partial charge in [0.15, 0.2) is 0 Å². The predicted molar refractivity (Wildman–Crippen MR) is 62.2 cm³/mol. The van der Waals surface area contributed by atoms with Gasteiger partial charge >= 0.3 is 0 Å². The number of thiocarbonyl (C=S) groups is 1. The van der Waals surface area contributed by atoms with Crippen LogP contribution in [0.5, 0.6) is 0 Å². The quantitative estimate of drug-likeness (QED) is 0.620. The summed E-state index contributed by atoms with van der Waals surface area (Å²) in [7, 11) is 1.63. The molecule has 0 heterocycles. The molecule has 0 fully saturated rings. The Bertz CT molecular complexity index is 208. The van der Waals surface area contributed by atoms with Crippen LogP contribution in [0, 0.1) is 0 Å². The van der Waals surface area contributed by atoms with Crippen LogP contribution in [0.1, 0.15) is 20.3 Å². The number of hydrogen-bond donors (Lipinski definition) is 2. The topological polar surface area (TPSA) is 58.4 Å². The zero-order valence-corrected chi connectivity index (χ0v) is 9.86. The number of rotatable bonds is 6. The molecule has 4 nitrogen and oxygen atoms in total. The van der Waals surface area contributed by atoms with E-state index in [1.807, 2.05) is 18.7 Å². The highest BCUT2D eigenvalue weighted by atomic mass is 32.1. The van der Waals surface area contributed by atoms with Gasteiger partial charge in [-0.25, -0.2) is 0 Å². The second-order valence-corrected chi connectivity index (χ2v) is 3.78. The van der Waals surface area contributed by atoms with Crippen molar-refractivity contribution in [2.24, 2.45) is 5.73 Å². The van der Waals surface area contributed by atoms with Crippen LogP contribution in [0.2, 0.25) is 0 Å². The van der Waals surface area contributed by atoms with Gasteiger partial charge in [0.25, 0.3) is 0 Å². The van der Waals surface area contributed by atoms with E-state index in [1.54, 1.807) is 7.05 Å². The molecule has 0 rings (SSSR count). The average Bonchev–Trinajstić information content (AvgIpc) is 2.12. The monoisotopic (exact) mass is 217 g/mol. The van der Waals surface area contributed by atoms with Gasteiger partial charge in [-0.15, -0.1) is 0 Å². The van der Waals surface area contributed by atoms with Crippen LogP contribution in [-0.4, -0.2) is 42.0 Å². The number of amides is 1. The Labute approximate surface area is 90.8 Å². The molecule has 0 saturated heterocycles. The second kappa shape index (κ2) is 6.73. The third-order valence-corrected chi connectivity index (χ3v) is 2.32. The zero-order chi connectivity index (χ0) is 11.1. The third kappa shape index (κ3) is 5.14. The number of hydrogen-bond acceptors (Lipinski definition) is 3. The maximum Gasteiger partial charge on any atom is 0.233 e. The Morgan fingerprint density at radius 1 is 1.64 bits per heavy atom. The summed E-state index contributed by atoms with van der Waals surface area (Å²) in [6.45, 7) is 5.25. The molecular weight excluding hydrogens is 198 g/mol. The molecule has 82 valence electrons. The molecule has 0 radical (unpaired) electrons. The molecular formula is C9H19N3OS. The van der Waals surface area contributed by atoms with Crippen LogP contribution in [-0.2, 0) is 4.79 Å². The Morgan fingerprint density at radius 2 is 2.21 bits per heavy atom. The molecule has 14 heavy (non-hydrogen) atoms. The lowest BCUT2D eigenvalue weighted by molar-refractivity contribution is -0.122. The molecule has 0 aliphatic rings. The molecule has 0 saturated carbocycles. The molecule has 5 heteroatoms. The fourth-order valence-electron chi connectivity index (χ4n) is 1.26. The Balaban J connectivity index is 4.11. The van der Waals surface area contributed by atoms with E-state index in [9.17, 15) is 4.79 Å². The predicted octanol–water partition coefficient (Wildman–Crippen LogP) is 0.119. The van der Waals surface area contributed by atoms with Crippen molar-refractivity contribution in [2.75, 3.05) is 20.1 Å². The fourth-order valence-corrected chi connectivity index (χ4v) is 1.50. The summed E-state index contributed by atoms with van der Waals surface area (Å²) in [6.07, 6.45) is 0.653. The van der Waals surface area contributed by atoms with Crippen molar-refractivity contribution in [1.29, 1.82) is 0 Å². The number of nitrogens with two attached hydrogens (primary N) is 1. The van der Waals surface area contributed by atoms with Crippen LogP contribution < -0.4 is 11.1 Å². The van der Waals surface area contributed by atoms with E-state index in [1.165, 1.54) is 0 Å². The summed E-state index contributed by atoms with van der Waals surface area (Å²) in [5.41, 5.74) is 5.45. The van der Waals surface area contributed by atoms with E-state index < -0.39 is 0 Å². The van der Waals surface area contributed by atoms with E-state index in [-0.39, 0.29) is 11.9 Å². The fraction of sp³-hybridized carbons (Fsp3) is 0.778. The van der Waals surface area contributed by atoms with Crippen molar-refractivity contribution in [1.82, 2.24) is 10.2 Å². The van der Waals surface area contributed by atoms with Crippen LogP contribution in [0.4, 0.5) is 0 Å². The number of carbonyl (C=O) groups excluding carboxylic acids is 1. The van der Waals surface area contributed by atoms with Gasteiger partial charge < -0.3 is 11.1 Å². The summed E-state index contributed by atoms with van der Waals surface area (Å²) in [5.74, 6) is 0.0154. The van der Waals surface area contributed by atoms with Crippen LogP contribution in [0.15, 0.2) is 0 Å². The summed E-state index contributed by atoms with van der Waals surface area (Å²) in [5, 5.41) is 2.59. The number of nitrogens with one attached hydrogen (secondary N) is 1. The lowest BCUT2D eigenvalue weighted by atomic mass is 10.2. The van der Waals surface area contributed by atoms with Crippen LogP contribution in [0.25, 0.3) is 0 Å². The van der Waals surface area contributed by atoms with Gasteiger partial charge in [0.05, 0.1) is 11.5 Å². The van der Waals surface area contributed by atoms with Gasteiger partial charge in [-0.3, -0.25) is 9.69 Å². The molecule has 3 N–H and O–H groups in total. The van der Waals surface area contributed by atoms with Crippen molar-refractivity contribution in [3.8, 4) is 0 Å². The Hall–Kier alpha value is -0.680. The van der Waals surface area contributed by atoms with E-state index >= 15 is 0 Å². The van der Waals surface area contributed by atoms with Crippen molar-refractivity contribution in [3.05, 3.63) is 0 Å². The Morgan fingerprint density at radius 3 is 2.57 bits per heavy atom. The first kappa shape index (κ1) is 13.3. The van der Waals surface area contributed by atoms with E-state index in [4.69, 9.17) is 18.0 Å². The van der Waals surface area contributed by atoms with Gasteiger partial charge in [-0.1, -0.05) is 19.1 Å². The average molecular weight is 217 g/mol. The summed E-state index contributed by atoms with van der Waals surface area (Å²) in [4.78, 5) is 13.7. The van der Waals surface area contributed by atoms with Crippen molar-refractivity contribution in [3.63, 3.8) is 0 Å². The summed E-state index contributed by atoms with van der Waals surface area (Å²) < 4.78 is 0. The van der Waals surface area contributed by atoms with Crippen LogP contribution >= 0.6 is 12.2 Å². The minimum absolute atomic E-state index is 0.0154. The number of likely N-dealkylation sites (N-methyl/N-ethyl adjacent to an activating group) is 2. The second-order valence-electron chi connectivity index (χ2n) is 3.26. The standard InChI is InChI=1S/C9H19N3OS/c1-4-12(6-9(13)11-3)7(2)5-8(10)14/h7H,4-6H2,1-3H3,(H2,10,14)(H,11,13). The molecule has 1 unspecified atom stereocenters. The maximum atomic E-state index is 11.2. The third-order valence-electron chi connectivity index (χ3n) is 2.15. The van der Waals surface area contributed by atoms with E-state index in [0.29, 0.717) is 18.0 Å². The van der Waals surface area contributed by atoms with Crippen molar-refractivity contribution >= 4 is 23.1 Å². The zero-order valence-electron chi connectivity index (χ0n) is 9.04. The molecule has 0 spiro atoms. The molecule has 0 aliphatic carbocycles. The summed E-state index contributed by atoms with van der Waals surface area (Å²) in [6, 6.07) is 0.217. The molecule has 0 aliphatic heterocycles. The van der Waals surface area contributed by atoms with Gasteiger partial charge in [0.2, 0.25) is 5.91 Å². The first-order valence-electron chi connectivity index (χ1n) is 4.74. The SMILES string of the molecule is CCN(CC(=O)NC)C(C)CC(N)=S. The Kier molecular flexibility index (Phi) is 6.40. The largest absolute Gasteiger partial charge is 0.393 e. The van der Waals surface area contributed by atoms with Crippen molar-refractivity contribution in [2.45, 2.75) is 26.3 Å². The molecule has 1 atom stereocenters. The highest BCUT2D eigenvalue weighted by Gasteiger charge is 2.15. The minimum atomic E-state index is 0.0154.